The van der Waals surface area contributed by atoms with Gasteiger partial charge in [0.25, 0.3) is 0 Å². The molecule has 4 fully saturated rings. The molecule has 2 aromatic heterocycles. The number of hydrogen-bond donors (Lipinski definition) is 2. The number of fused-ring (bicyclic) bond motifs is 9. The molecule has 240 valence electrons. The molecule has 4 aliphatic heterocycles. The molecule has 2 aliphatic carbocycles. The van der Waals surface area contributed by atoms with Crippen molar-refractivity contribution in [1.29, 1.82) is 0 Å². The first-order valence-corrected chi connectivity index (χ1v) is 17.9. The number of carbonyl (C=O) groups excluding carboxylic acids is 1. The third-order valence-electron chi connectivity index (χ3n) is 13.2. The Kier molecular flexibility index (Phi) is 6.80. The molecular weight excluding hydrogens is 568 g/mol. The predicted molar refractivity (Wildman–Crippen MR) is 184 cm³/mol. The standard InChI is InChI=1S/C40H48N4O2/c1-5-23-15-22-16-32-37-28(13-14-44(20-22)39(23)32)27-12-11-25(17-34(27)42-37)30-18-29-24(6-2)21-43(3)35(36(29)40(45)46-4)19-31-26-9-7-8-10-33(26)41-38(30)31/h6-12,17,22-23,29-30,32,35-36,39,41-42H,5,13-16,18-21H2,1-4H3/b24-6-/t22-,23-,29?,30+,32-,35?,36?,39-/m0/s1. The van der Waals surface area contributed by atoms with Crippen LogP contribution in [0.15, 0.2) is 54.1 Å². The zero-order valence-corrected chi connectivity index (χ0v) is 27.8. The van der Waals surface area contributed by atoms with E-state index in [9.17, 15) is 4.79 Å². The number of rotatable bonds is 3. The third kappa shape index (κ3) is 4.18. The SMILES string of the molecule is C/C=C1/CN(C)C2Cc3c([nH]c4ccccc34)[C@@H](c3ccc4c5c([nH]c4c3)[C@@H]3C[C@@H]4C[C@H](CC)[C@@H]3N(CC5)C4)CC1C2C(=O)OC. The number of ether oxygens (including phenoxy) is 1. The van der Waals surface area contributed by atoms with Crippen molar-refractivity contribution in [3.63, 3.8) is 0 Å². The van der Waals surface area contributed by atoms with Crippen molar-refractivity contribution in [2.24, 2.45) is 23.7 Å². The second-order valence-electron chi connectivity index (χ2n) is 15.2. The summed E-state index contributed by atoms with van der Waals surface area (Å²) in [5, 5.41) is 2.70. The molecule has 6 bridgehead atoms. The quantitative estimate of drug-likeness (QED) is 0.190. The fourth-order valence-electron chi connectivity index (χ4n) is 11.2. The number of benzene rings is 2. The van der Waals surface area contributed by atoms with E-state index in [0.29, 0.717) is 12.0 Å². The van der Waals surface area contributed by atoms with Gasteiger partial charge in [0.05, 0.1) is 13.0 Å². The van der Waals surface area contributed by atoms with Crippen LogP contribution in [0.25, 0.3) is 21.8 Å². The van der Waals surface area contributed by atoms with E-state index in [4.69, 9.17) is 4.74 Å². The van der Waals surface area contributed by atoms with Gasteiger partial charge in [-0.2, -0.15) is 0 Å². The first-order chi connectivity index (χ1) is 22.5. The molecule has 6 heterocycles. The summed E-state index contributed by atoms with van der Waals surface area (Å²) in [5.41, 5.74) is 11.0. The summed E-state index contributed by atoms with van der Waals surface area (Å²) in [6.07, 6.45) is 9.16. The van der Waals surface area contributed by atoms with Crippen molar-refractivity contribution in [2.45, 2.75) is 76.3 Å². The van der Waals surface area contributed by atoms with Crippen LogP contribution in [0.2, 0.25) is 0 Å². The van der Waals surface area contributed by atoms with Crippen molar-refractivity contribution in [2.75, 3.05) is 33.8 Å². The number of esters is 1. The summed E-state index contributed by atoms with van der Waals surface area (Å²) in [4.78, 5) is 26.9. The predicted octanol–water partition coefficient (Wildman–Crippen LogP) is 7.15. The van der Waals surface area contributed by atoms with Gasteiger partial charge >= 0.3 is 5.97 Å². The van der Waals surface area contributed by atoms with Gasteiger partial charge in [0.2, 0.25) is 0 Å². The number of allylic oxidation sites excluding steroid dienone is 1. The van der Waals surface area contributed by atoms with E-state index < -0.39 is 0 Å². The first kappa shape index (κ1) is 28.8. The van der Waals surface area contributed by atoms with Gasteiger partial charge in [-0.15, -0.1) is 0 Å². The number of hydrogen-bond acceptors (Lipinski definition) is 4. The molecule has 46 heavy (non-hydrogen) atoms. The average Bonchev–Trinajstić information content (AvgIpc) is 3.60. The number of aromatic amines is 2. The van der Waals surface area contributed by atoms with Gasteiger partial charge in [-0.1, -0.05) is 55.3 Å². The molecule has 1 saturated carbocycles. The molecular formula is C40H48N4O2. The van der Waals surface area contributed by atoms with Gasteiger partial charge in [-0.25, -0.2) is 0 Å². The molecule has 2 aromatic carbocycles. The van der Waals surface area contributed by atoms with E-state index >= 15 is 0 Å². The Morgan fingerprint density at radius 2 is 1.83 bits per heavy atom. The van der Waals surface area contributed by atoms with Crippen molar-refractivity contribution < 1.29 is 9.53 Å². The normalized spacial score (nSPS) is 34.6. The van der Waals surface area contributed by atoms with Crippen molar-refractivity contribution in [1.82, 2.24) is 19.8 Å². The summed E-state index contributed by atoms with van der Waals surface area (Å²) < 4.78 is 5.54. The Morgan fingerprint density at radius 3 is 2.65 bits per heavy atom. The molecule has 3 saturated heterocycles. The minimum absolute atomic E-state index is 0.0762. The highest BCUT2D eigenvalue weighted by Gasteiger charge is 2.49. The largest absolute Gasteiger partial charge is 0.469 e. The lowest BCUT2D eigenvalue weighted by Gasteiger charge is -2.53. The summed E-state index contributed by atoms with van der Waals surface area (Å²) in [6.45, 7) is 7.93. The van der Waals surface area contributed by atoms with Crippen LogP contribution in [0.5, 0.6) is 0 Å². The highest BCUT2D eigenvalue weighted by atomic mass is 16.5. The number of nitrogens with zero attached hydrogens (tertiary/aromatic N) is 2. The fourth-order valence-corrected chi connectivity index (χ4v) is 11.2. The zero-order chi connectivity index (χ0) is 31.3. The van der Waals surface area contributed by atoms with Crippen LogP contribution in [0.3, 0.4) is 0 Å². The number of nitrogens with one attached hydrogen (secondary N) is 2. The maximum absolute atomic E-state index is 13.6. The second kappa shape index (κ2) is 10.8. The molecule has 0 radical (unpaired) electrons. The summed E-state index contributed by atoms with van der Waals surface area (Å²) in [5.74, 6) is 2.30. The first-order valence-electron chi connectivity index (χ1n) is 17.9. The molecule has 4 unspecified atom stereocenters. The van der Waals surface area contributed by atoms with Crippen molar-refractivity contribution in [3.05, 3.63) is 82.2 Å². The summed E-state index contributed by atoms with van der Waals surface area (Å²) >= 11 is 0. The zero-order valence-electron chi connectivity index (χ0n) is 27.8. The lowest BCUT2D eigenvalue weighted by molar-refractivity contribution is -0.151. The van der Waals surface area contributed by atoms with Crippen LogP contribution in [0.4, 0.5) is 0 Å². The highest BCUT2D eigenvalue weighted by molar-refractivity contribution is 5.88. The third-order valence-corrected chi connectivity index (χ3v) is 13.2. The lowest BCUT2D eigenvalue weighted by atomic mass is 9.65. The number of aromatic nitrogens is 2. The van der Waals surface area contributed by atoms with Gasteiger partial charge < -0.3 is 14.7 Å². The Morgan fingerprint density at radius 1 is 1.00 bits per heavy atom. The van der Waals surface area contributed by atoms with Crippen LogP contribution in [0.1, 0.15) is 79.4 Å². The monoisotopic (exact) mass is 616 g/mol. The smallest absolute Gasteiger partial charge is 0.310 e. The number of likely N-dealkylation sites (N-methyl/N-ethyl adjacent to an activating group) is 1. The van der Waals surface area contributed by atoms with E-state index in [1.165, 1.54) is 82.2 Å². The van der Waals surface area contributed by atoms with E-state index in [1.807, 2.05) is 0 Å². The van der Waals surface area contributed by atoms with Crippen molar-refractivity contribution in [3.8, 4) is 0 Å². The molecule has 0 amide bonds. The van der Waals surface area contributed by atoms with Gasteiger partial charge in [-0.3, -0.25) is 14.6 Å². The summed E-state index contributed by atoms with van der Waals surface area (Å²) in [6, 6.07) is 16.8. The molecule has 9 atom stereocenters. The number of likely N-dealkylation sites (tertiary alicyclic amines) is 1. The molecule has 0 spiro atoms. The van der Waals surface area contributed by atoms with Crippen LogP contribution in [0, 0.1) is 23.7 Å². The molecule has 6 aliphatic rings. The Labute approximate surface area is 272 Å². The number of para-hydroxylation sites is 1. The van der Waals surface area contributed by atoms with Crippen molar-refractivity contribution >= 4 is 27.8 Å². The maximum atomic E-state index is 13.6. The number of piperidine rings is 3. The van der Waals surface area contributed by atoms with Crippen LogP contribution in [-0.4, -0.2) is 71.6 Å². The topological polar surface area (TPSA) is 64.4 Å². The average molecular weight is 617 g/mol. The Bertz CT molecular complexity index is 1870. The lowest BCUT2D eigenvalue weighted by Crippen LogP contribution is -2.56. The number of carbonyl (C=O) groups is 1. The van der Waals surface area contributed by atoms with Crippen LogP contribution in [-0.2, 0) is 22.4 Å². The molecule has 6 heteroatoms. The fraction of sp³-hybridized carbons (Fsp3) is 0.525. The van der Waals surface area contributed by atoms with Gasteiger partial charge in [0.15, 0.2) is 0 Å². The number of methoxy groups -OCH3 is 1. The van der Waals surface area contributed by atoms with Gasteiger partial charge in [-0.05, 0) is 92.7 Å². The van der Waals surface area contributed by atoms with Gasteiger partial charge in [0.1, 0.15) is 0 Å². The molecule has 4 aromatic rings. The molecule has 10 rings (SSSR count). The molecule has 2 N–H and O–H groups in total. The minimum atomic E-state index is -0.194. The van der Waals surface area contributed by atoms with Crippen LogP contribution >= 0.6 is 0 Å². The van der Waals surface area contributed by atoms with Gasteiger partial charge in [0, 0.05) is 76.7 Å². The highest BCUT2D eigenvalue weighted by Crippen LogP contribution is 2.52. The van der Waals surface area contributed by atoms with E-state index in [0.717, 1.165) is 37.6 Å². The summed E-state index contributed by atoms with van der Waals surface area (Å²) in [7, 11) is 3.74. The maximum Gasteiger partial charge on any atom is 0.310 e. The van der Waals surface area contributed by atoms with E-state index in [-0.39, 0.29) is 29.8 Å². The second-order valence-corrected chi connectivity index (χ2v) is 15.2. The number of H-pyrrole nitrogens is 2. The molecule has 6 nitrogen and oxygen atoms in total. The Balaban J connectivity index is 1.19. The van der Waals surface area contributed by atoms with E-state index in [2.05, 4.69) is 89.2 Å². The Hall–Kier alpha value is -3.35. The van der Waals surface area contributed by atoms with Crippen LogP contribution < -0.4 is 0 Å². The minimum Gasteiger partial charge on any atom is -0.469 e. The van der Waals surface area contributed by atoms with E-state index in [1.54, 1.807) is 12.7 Å².